The molecule has 20 heavy (non-hydrogen) atoms. The van der Waals surface area contributed by atoms with Gasteiger partial charge in [0.2, 0.25) is 0 Å². The molecule has 2 aromatic rings. The fourth-order valence-corrected chi connectivity index (χ4v) is 2.88. The summed E-state index contributed by atoms with van der Waals surface area (Å²) in [6.45, 7) is 2.69. The molecule has 0 saturated carbocycles. The third-order valence-electron chi connectivity index (χ3n) is 2.69. The molecule has 0 saturated heterocycles. The number of pyridine rings is 1. The number of carbonyl (C=O) groups is 1. The van der Waals surface area contributed by atoms with E-state index in [9.17, 15) is 4.79 Å². The maximum atomic E-state index is 12.0. The zero-order valence-electron chi connectivity index (χ0n) is 11.1. The lowest BCUT2D eigenvalue weighted by Crippen LogP contribution is -2.29. The minimum Gasteiger partial charge on any atom is -0.352 e. The van der Waals surface area contributed by atoms with Gasteiger partial charge in [0.25, 0.3) is 5.91 Å². The van der Waals surface area contributed by atoms with Gasteiger partial charge in [0.05, 0.1) is 5.56 Å². The fourth-order valence-electron chi connectivity index (χ4n) is 1.71. The number of H-pyrrole nitrogens is 1. The van der Waals surface area contributed by atoms with E-state index in [0.29, 0.717) is 22.0 Å². The molecule has 1 aromatic heterocycles. The van der Waals surface area contributed by atoms with Gasteiger partial charge in [0, 0.05) is 22.9 Å². The number of carbonyl (C=O) groups excluding carboxylic acids is 1. The number of nitrogens with one attached hydrogen (secondary N) is 2. The van der Waals surface area contributed by atoms with Crippen LogP contribution in [0.2, 0.25) is 0 Å². The number of rotatable bonds is 5. The van der Waals surface area contributed by atoms with Crippen molar-refractivity contribution in [3.05, 3.63) is 58.9 Å². The molecule has 1 unspecified atom stereocenters. The van der Waals surface area contributed by atoms with Crippen molar-refractivity contribution in [3.63, 3.8) is 0 Å². The van der Waals surface area contributed by atoms with E-state index in [1.165, 1.54) is 4.90 Å². The molecular weight excluding hydrogens is 288 g/mol. The van der Waals surface area contributed by atoms with Crippen molar-refractivity contribution in [2.24, 2.45) is 0 Å². The SMILES string of the molecule is CC(CNC(=O)c1ccc[nH]c1=S)Sc1ccccc1. The van der Waals surface area contributed by atoms with Crippen LogP contribution in [0, 0.1) is 4.64 Å². The molecule has 0 aliphatic heterocycles. The number of thioether (sulfide) groups is 1. The highest BCUT2D eigenvalue weighted by Gasteiger charge is 2.10. The van der Waals surface area contributed by atoms with Crippen LogP contribution in [-0.4, -0.2) is 22.7 Å². The van der Waals surface area contributed by atoms with Gasteiger partial charge in [0.15, 0.2) is 0 Å². The summed E-state index contributed by atoms with van der Waals surface area (Å²) >= 11 is 6.83. The molecule has 2 N–H and O–H groups in total. The first-order chi connectivity index (χ1) is 9.66. The van der Waals surface area contributed by atoms with Crippen molar-refractivity contribution in [2.75, 3.05) is 6.54 Å². The molecule has 0 spiro atoms. The molecule has 0 radical (unpaired) electrons. The fraction of sp³-hybridized carbons (Fsp3) is 0.200. The number of aromatic amines is 1. The highest BCUT2D eigenvalue weighted by atomic mass is 32.2. The second-order valence-electron chi connectivity index (χ2n) is 4.36. The van der Waals surface area contributed by atoms with E-state index in [1.54, 1.807) is 30.1 Å². The Morgan fingerprint density at radius 3 is 2.75 bits per heavy atom. The number of hydrogen-bond donors (Lipinski definition) is 2. The lowest BCUT2D eigenvalue weighted by molar-refractivity contribution is 0.0953. The van der Waals surface area contributed by atoms with E-state index in [1.807, 2.05) is 18.2 Å². The Morgan fingerprint density at radius 1 is 1.30 bits per heavy atom. The van der Waals surface area contributed by atoms with Crippen LogP contribution in [0.5, 0.6) is 0 Å². The Balaban J connectivity index is 1.88. The van der Waals surface area contributed by atoms with Gasteiger partial charge in [-0.2, -0.15) is 0 Å². The van der Waals surface area contributed by atoms with Crippen LogP contribution in [-0.2, 0) is 0 Å². The van der Waals surface area contributed by atoms with Gasteiger partial charge >= 0.3 is 0 Å². The first-order valence-corrected chi connectivity index (χ1v) is 7.63. The Hall–Kier alpha value is -1.59. The summed E-state index contributed by atoms with van der Waals surface area (Å²) in [5.74, 6) is -0.132. The van der Waals surface area contributed by atoms with Crippen LogP contribution in [0.4, 0.5) is 0 Å². The molecular formula is C15H16N2OS2. The Kier molecular flexibility index (Phi) is 5.38. The molecule has 0 aliphatic carbocycles. The van der Waals surface area contributed by atoms with E-state index in [-0.39, 0.29) is 5.91 Å². The van der Waals surface area contributed by atoms with Crippen molar-refractivity contribution in [2.45, 2.75) is 17.1 Å². The van der Waals surface area contributed by atoms with Gasteiger partial charge in [-0.25, -0.2) is 0 Å². The summed E-state index contributed by atoms with van der Waals surface area (Å²) < 4.78 is 0.466. The Morgan fingerprint density at radius 2 is 2.05 bits per heavy atom. The average Bonchev–Trinajstić information content (AvgIpc) is 2.46. The zero-order valence-corrected chi connectivity index (χ0v) is 12.8. The predicted molar refractivity (Wildman–Crippen MR) is 85.7 cm³/mol. The number of amides is 1. The van der Waals surface area contributed by atoms with Gasteiger partial charge in [-0.1, -0.05) is 37.3 Å². The molecule has 0 fully saturated rings. The van der Waals surface area contributed by atoms with Crippen LogP contribution >= 0.6 is 24.0 Å². The van der Waals surface area contributed by atoms with Gasteiger partial charge in [-0.3, -0.25) is 4.79 Å². The largest absolute Gasteiger partial charge is 0.352 e. The van der Waals surface area contributed by atoms with Crippen molar-refractivity contribution in [1.82, 2.24) is 10.3 Å². The summed E-state index contributed by atoms with van der Waals surface area (Å²) in [4.78, 5) is 16.1. The van der Waals surface area contributed by atoms with E-state index in [2.05, 4.69) is 29.4 Å². The van der Waals surface area contributed by atoms with Gasteiger partial charge in [-0.05, 0) is 24.3 Å². The molecule has 5 heteroatoms. The Bertz CT molecular complexity index is 625. The van der Waals surface area contributed by atoms with Crippen LogP contribution in [0.3, 0.4) is 0 Å². The molecule has 1 heterocycles. The second kappa shape index (κ2) is 7.26. The van der Waals surface area contributed by atoms with Crippen molar-refractivity contribution >= 4 is 29.9 Å². The lowest BCUT2D eigenvalue weighted by atomic mass is 10.2. The molecule has 1 aromatic carbocycles. The molecule has 0 aliphatic rings. The van der Waals surface area contributed by atoms with Crippen LogP contribution in [0.1, 0.15) is 17.3 Å². The van der Waals surface area contributed by atoms with Gasteiger partial charge in [-0.15, -0.1) is 11.8 Å². The maximum absolute atomic E-state index is 12.0. The Labute approximate surface area is 127 Å². The monoisotopic (exact) mass is 304 g/mol. The summed E-state index contributed by atoms with van der Waals surface area (Å²) in [6.07, 6.45) is 1.72. The normalized spacial score (nSPS) is 11.8. The lowest BCUT2D eigenvalue weighted by Gasteiger charge is -2.12. The molecule has 0 bridgehead atoms. The molecule has 1 amide bonds. The second-order valence-corrected chi connectivity index (χ2v) is 6.28. The number of aromatic nitrogens is 1. The van der Waals surface area contributed by atoms with Crippen molar-refractivity contribution < 1.29 is 4.79 Å². The molecule has 3 nitrogen and oxygen atoms in total. The molecule has 1 atom stereocenters. The maximum Gasteiger partial charge on any atom is 0.254 e. The van der Waals surface area contributed by atoms with E-state index >= 15 is 0 Å². The summed E-state index contributed by atoms with van der Waals surface area (Å²) in [6, 6.07) is 13.6. The number of benzene rings is 1. The topological polar surface area (TPSA) is 44.9 Å². The third kappa shape index (κ3) is 4.21. The smallest absolute Gasteiger partial charge is 0.254 e. The molecule has 2 rings (SSSR count). The summed E-state index contributed by atoms with van der Waals surface area (Å²) in [5, 5.41) is 3.21. The zero-order chi connectivity index (χ0) is 14.4. The first kappa shape index (κ1) is 14.8. The van der Waals surface area contributed by atoms with E-state index in [0.717, 1.165) is 0 Å². The summed E-state index contributed by atoms with van der Waals surface area (Å²) in [7, 11) is 0. The number of hydrogen-bond acceptors (Lipinski definition) is 3. The van der Waals surface area contributed by atoms with E-state index in [4.69, 9.17) is 12.2 Å². The summed E-state index contributed by atoms with van der Waals surface area (Å²) in [5.41, 5.74) is 0.513. The van der Waals surface area contributed by atoms with Crippen molar-refractivity contribution in [1.29, 1.82) is 0 Å². The van der Waals surface area contributed by atoms with Crippen LogP contribution in [0.25, 0.3) is 0 Å². The highest BCUT2D eigenvalue weighted by molar-refractivity contribution is 8.00. The van der Waals surface area contributed by atoms with E-state index < -0.39 is 0 Å². The van der Waals surface area contributed by atoms with Crippen LogP contribution < -0.4 is 5.32 Å². The molecule has 104 valence electrons. The highest BCUT2D eigenvalue weighted by Crippen LogP contribution is 2.21. The first-order valence-electron chi connectivity index (χ1n) is 6.34. The van der Waals surface area contributed by atoms with Gasteiger partial charge in [0.1, 0.15) is 4.64 Å². The van der Waals surface area contributed by atoms with Crippen molar-refractivity contribution in [3.8, 4) is 0 Å². The quantitative estimate of drug-likeness (QED) is 0.654. The predicted octanol–water partition coefficient (Wildman–Crippen LogP) is 3.65. The van der Waals surface area contributed by atoms with Crippen LogP contribution in [0.15, 0.2) is 53.6 Å². The minimum atomic E-state index is -0.132. The standard InChI is InChI=1S/C15H16N2OS2/c1-11(20-12-6-3-2-4-7-12)10-17-14(18)13-8-5-9-16-15(13)19/h2-9,11H,10H2,1H3,(H,16,19)(H,17,18). The third-order valence-corrected chi connectivity index (χ3v) is 4.14. The average molecular weight is 304 g/mol. The minimum absolute atomic E-state index is 0.132. The van der Waals surface area contributed by atoms with Gasteiger partial charge < -0.3 is 10.3 Å².